The van der Waals surface area contributed by atoms with Gasteiger partial charge in [-0.3, -0.25) is 14.4 Å². The van der Waals surface area contributed by atoms with Crippen molar-refractivity contribution in [2.45, 2.75) is 17.1 Å². The van der Waals surface area contributed by atoms with Gasteiger partial charge in [-0.25, -0.2) is 0 Å². The molecule has 4 aromatic carbocycles. The lowest BCUT2D eigenvalue weighted by molar-refractivity contribution is -0.115. The van der Waals surface area contributed by atoms with E-state index in [-0.39, 0.29) is 11.6 Å². The Balaban J connectivity index is 1.47. The Morgan fingerprint density at radius 1 is 0.825 bits per heavy atom. The van der Waals surface area contributed by atoms with Gasteiger partial charge in [-0.15, -0.1) is 11.8 Å². The molecule has 0 aromatic heterocycles. The molecule has 0 saturated carbocycles. The minimum atomic E-state index is -0.483. The van der Waals surface area contributed by atoms with Crippen LogP contribution in [-0.2, 0) is 9.59 Å². The first-order chi connectivity index (χ1) is 19.3. The normalized spacial score (nSPS) is 11.8. The number of anilines is 2. The second-order valence-electron chi connectivity index (χ2n) is 8.67. The largest absolute Gasteiger partial charge is 0.325 e. The molecule has 0 bridgehead atoms. The molecule has 6 nitrogen and oxygen atoms in total. The van der Waals surface area contributed by atoms with Crippen LogP contribution in [0.5, 0.6) is 0 Å². The molecule has 0 aliphatic heterocycles. The molecule has 0 aliphatic carbocycles. The minimum Gasteiger partial charge on any atom is -0.325 e. The zero-order valence-corrected chi connectivity index (χ0v) is 24.5. The summed E-state index contributed by atoms with van der Waals surface area (Å²) in [6.45, 7) is 1.80. The molecule has 3 N–H and O–H groups in total. The highest BCUT2D eigenvalue weighted by Gasteiger charge is 2.17. The fourth-order valence-corrected chi connectivity index (χ4v) is 4.87. The van der Waals surface area contributed by atoms with Crippen LogP contribution in [-0.4, -0.2) is 23.0 Å². The van der Waals surface area contributed by atoms with Gasteiger partial charge in [0, 0.05) is 31.3 Å². The third kappa shape index (κ3) is 8.58. The fraction of sp³-hybridized carbons (Fsp3) is 0.0645. The second-order valence-corrected chi connectivity index (χ2v) is 11.4. The molecule has 1 unspecified atom stereocenters. The Kier molecular flexibility index (Phi) is 10.2. The Morgan fingerprint density at radius 3 is 2.23 bits per heavy atom. The Bertz CT molecular complexity index is 1530. The quantitative estimate of drug-likeness (QED) is 0.131. The number of benzene rings is 4. The van der Waals surface area contributed by atoms with Crippen molar-refractivity contribution in [3.8, 4) is 0 Å². The number of thioether (sulfide) groups is 1. The predicted molar refractivity (Wildman–Crippen MR) is 166 cm³/mol. The molecule has 0 spiro atoms. The van der Waals surface area contributed by atoms with Gasteiger partial charge in [0.1, 0.15) is 5.70 Å². The van der Waals surface area contributed by atoms with Crippen molar-refractivity contribution in [3.05, 3.63) is 129 Å². The Morgan fingerprint density at radius 2 is 1.52 bits per heavy atom. The van der Waals surface area contributed by atoms with E-state index in [1.54, 1.807) is 79.7 Å². The van der Waals surface area contributed by atoms with E-state index in [4.69, 9.17) is 11.6 Å². The van der Waals surface area contributed by atoms with E-state index in [2.05, 4.69) is 31.9 Å². The summed E-state index contributed by atoms with van der Waals surface area (Å²) in [4.78, 5) is 39.7. The van der Waals surface area contributed by atoms with Crippen LogP contribution < -0.4 is 16.0 Å². The second kappa shape index (κ2) is 14.0. The zero-order chi connectivity index (χ0) is 28.5. The van der Waals surface area contributed by atoms with Crippen molar-refractivity contribution in [1.29, 1.82) is 0 Å². The number of nitrogens with one attached hydrogen (secondary N) is 3. The standard InChI is InChI=1S/C31H25BrClN3O3S/c1-20(29(37)34-25-16-14-24(33)15-17-25)40-27-9-5-8-26(19-27)35-31(39)28(18-21-10-12-23(32)13-11-21)36-30(38)22-6-3-2-4-7-22/h2-20H,1H3,(H,34,37)(H,35,39)(H,36,38)/b28-18-. The molecular weight excluding hydrogens is 610 g/mol. The van der Waals surface area contributed by atoms with Gasteiger partial charge in [-0.05, 0) is 85.3 Å². The third-order valence-corrected chi connectivity index (χ3v) is 7.47. The van der Waals surface area contributed by atoms with Crippen LogP contribution in [0, 0.1) is 0 Å². The van der Waals surface area contributed by atoms with Crippen molar-refractivity contribution >= 4 is 74.5 Å². The maximum atomic E-state index is 13.3. The minimum absolute atomic E-state index is 0.0879. The van der Waals surface area contributed by atoms with E-state index < -0.39 is 17.1 Å². The molecule has 1 atom stereocenters. The van der Waals surface area contributed by atoms with Crippen LogP contribution in [0.2, 0.25) is 5.02 Å². The molecule has 4 aromatic rings. The molecule has 0 saturated heterocycles. The first-order valence-corrected chi connectivity index (χ1v) is 14.3. The van der Waals surface area contributed by atoms with Gasteiger partial charge >= 0.3 is 0 Å². The van der Waals surface area contributed by atoms with Crippen molar-refractivity contribution in [2.24, 2.45) is 0 Å². The monoisotopic (exact) mass is 633 g/mol. The molecule has 202 valence electrons. The number of halogens is 2. The smallest absolute Gasteiger partial charge is 0.272 e. The molecule has 0 heterocycles. The summed E-state index contributed by atoms with van der Waals surface area (Å²) in [5.74, 6) is -1.04. The average Bonchev–Trinajstić information content (AvgIpc) is 2.95. The summed E-state index contributed by atoms with van der Waals surface area (Å²) in [6, 6.07) is 30.1. The first kappa shape index (κ1) is 29.1. The lowest BCUT2D eigenvalue weighted by atomic mass is 10.1. The van der Waals surface area contributed by atoms with Gasteiger partial charge in [0.15, 0.2) is 0 Å². The number of amides is 3. The number of carbonyl (C=O) groups is 3. The average molecular weight is 635 g/mol. The summed E-state index contributed by atoms with van der Waals surface area (Å²) in [5.41, 5.74) is 2.44. The Hall–Kier alpha value is -3.85. The fourth-order valence-electron chi connectivity index (χ4n) is 3.55. The Labute approximate surface area is 250 Å². The van der Waals surface area contributed by atoms with Gasteiger partial charge < -0.3 is 16.0 Å². The molecule has 0 fully saturated rings. The van der Waals surface area contributed by atoms with Gasteiger partial charge in [0.2, 0.25) is 5.91 Å². The van der Waals surface area contributed by atoms with E-state index in [9.17, 15) is 14.4 Å². The SMILES string of the molecule is CC(Sc1cccc(NC(=O)/C(=C/c2ccc(Br)cc2)NC(=O)c2ccccc2)c1)C(=O)Nc1ccc(Cl)cc1. The molecule has 0 radical (unpaired) electrons. The number of hydrogen-bond acceptors (Lipinski definition) is 4. The van der Waals surface area contributed by atoms with Crippen LogP contribution in [0.25, 0.3) is 6.08 Å². The van der Waals surface area contributed by atoms with Crippen LogP contribution in [0.15, 0.2) is 118 Å². The van der Waals surface area contributed by atoms with Gasteiger partial charge in [0.25, 0.3) is 11.8 Å². The van der Waals surface area contributed by atoms with Gasteiger partial charge in [0.05, 0.1) is 5.25 Å². The number of carbonyl (C=O) groups excluding carboxylic acids is 3. The van der Waals surface area contributed by atoms with Crippen LogP contribution in [0.3, 0.4) is 0 Å². The van der Waals surface area contributed by atoms with Crippen molar-refractivity contribution in [2.75, 3.05) is 10.6 Å². The molecule has 0 aliphatic rings. The van der Waals surface area contributed by atoms with Crippen LogP contribution in [0.4, 0.5) is 11.4 Å². The first-order valence-electron chi connectivity index (χ1n) is 12.2. The summed E-state index contributed by atoms with van der Waals surface area (Å²) in [6.07, 6.45) is 1.62. The summed E-state index contributed by atoms with van der Waals surface area (Å²) in [7, 11) is 0. The lowest BCUT2D eigenvalue weighted by Crippen LogP contribution is -2.30. The lowest BCUT2D eigenvalue weighted by Gasteiger charge is -2.14. The van der Waals surface area contributed by atoms with Crippen LogP contribution in [0.1, 0.15) is 22.8 Å². The van der Waals surface area contributed by atoms with E-state index in [1.807, 2.05) is 36.4 Å². The molecular formula is C31H25BrClN3O3S. The van der Waals surface area contributed by atoms with E-state index in [0.29, 0.717) is 22.0 Å². The predicted octanol–water partition coefficient (Wildman–Crippen LogP) is 7.63. The van der Waals surface area contributed by atoms with Crippen molar-refractivity contribution in [1.82, 2.24) is 5.32 Å². The summed E-state index contributed by atoms with van der Waals surface area (Å²) in [5, 5.41) is 8.66. The molecule has 3 amide bonds. The number of hydrogen-bond donors (Lipinski definition) is 3. The topological polar surface area (TPSA) is 87.3 Å². The summed E-state index contributed by atoms with van der Waals surface area (Å²) >= 11 is 10.7. The zero-order valence-electron chi connectivity index (χ0n) is 21.4. The highest BCUT2D eigenvalue weighted by molar-refractivity contribution is 9.10. The molecule has 4 rings (SSSR count). The van der Waals surface area contributed by atoms with Gasteiger partial charge in [-0.2, -0.15) is 0 Å². The highest BCUT2D eigenvalue weighted by Crippen LogP contribution is 2.27. The summed E-state index contributed by atoms with van der Waals surface area (Å²) < 4.78 is 0.898. The van der Waals surface area contributed by atoms with E-state index in [0.717, 1.165) is 14.9 Å². The van der Waals surface area contributed by atoms with Crippen molar-refractivity contribution in [3.63, 3.8) is 0 Å². The van der Waals surface area contributed by atoms with Crippen LogP contribution >= 0.6 is 39.3 Å². The maximum Gasteiger partial charge on any atom is 0.272 e. The van der Waals surface area contributed by atoms with Gasteiger partial charge in [-0.1, -0.05) is 63.9 Å². The van der Waals surface area contributed by atoms with E-state index in [1.165, 1.54) is 11.8 Å². The molecule has 9 heteroatoms. The van der Waals surface area contributed by atoms with Crippen molar-refractivity contribution < 1.29 is 14.4 Å². The maximum absolute atomic E-state index is 13.3. The van der Waals surface area contributed by atoms with E-state index >= 15 is 0 Å². The third-order valence-electron chi connectivity index (χ3n) is 5.60. The molecule has 40 heavy (non-hydrogen) atoms. The highest BCUT2D eigenvalue weighted by atomic mass is 79.9. The number of rotatable bonds is 9.